The van der Waals surface area contributed by atoms with E-state index in [4.69, 9.17) is 4.74 Å². The average molecular weight is 368 g/mol. The number of benzene rings is 1. The smallest absolute Gasteiger partial charge is 0.299 e. The minimum Gasteiger partial charge on any atom is -0.375 e. The SMILES string of the molecule is COCC(=O)Nn1ccc2c(nnc3c(-c4ccc(F)cc4)cnn32)c1=O. The van der Waals surface area contributed by atoms with Gasteiger partial charge in [-0.3, -0.25) is 15.0 Å². The lowest BCUT2D eigenvalue weighted by atomic mass is 10.1. The fourth-order valence-electron chi connectivity index (χ4n) is 2.71. The minimum atomic E-state index is -0.551. The first-order chi connectivity index (χ1) is 13.1. The summed E-state index contributed by atoms with van der Waals surface area (Å²) >= 11 is 0. The van der Waals surface area contributed by atoms with Crippen molar-refractivity contribution in [3.8, 4) is 11.1 Å². The molecule has 1 N–H and O–H groups in total. The second kappa shape index (κ2) is 6.57. The summed E-state index contributed by atoms with van der Waals surface area (Å²) in [5.74, 6) is -0.825. The molecule has 10 heteroatoms. The van der Waals surface area contributed by atoms with Crippen molar-refractivity contribution in [3.63, 3.8) is 0 Å². The molecule has 136 valence electrons. The van der Waals surface area contributed by atoms with Gasteiger partial charge in [0.2, 0.25) is 0 Å². The summed E-state index contributed by atoms with van der Waals surface area (Å²) < 4.78 is 20.4. The minimum absolute atomic E-state index is 0.0384. The van der Waals surface area contributed by atoms with Gasteiger partial charge < -0.3 is 4.74 Å². The monoisotopic (exact) mass is 368 g/mol. The molecule has 0 atom stereocenters. The Bertz CT molecular complexity index is 1220. The van der Waals surface area contributed by atoms with Gasteiger partial charge in [0.05, 0.1) is 6.20 Å². The van der Waals surface area contributed by atoms with E-state index in [1.165, 1.54) is 30.0 Å². The third-order valence-electron chi connectivity index (χ3n) is 3.94. The summed E-state index contributed by atoms with van der Waals surface area (Å²) in [6, 6.07) is 7.50. The van der Waals surface area contributed by atoms with E-state index in [-0.39, 0.29) is 17.9 Å². The van der Waals surface area contributed by atoms with Crippen LogP contribution in [0.15, 0.2) is 47.5 Å². The van der Waals surface area contributed by atoms with Crippen molar-refractivity contribution in [2.75, 3.05) is 19.1 Å². The molecule has 0 spiro atoms. The van der Waals surface area contributed by atoms with Crippen LogP contribution < -0.4 is 11.0 Å². The normalized spacial score (nSPS) is 11.2. The molecule has 0 aliphatic heterocycles. The molecular weight excluding hydrogens is 355 g/mol. The number of rotatable bonds is 4. The Balaban J connectivity index is 1.83. The maximum absolute atomic E-state index is 13.1. The number of methoxy groups -OCH3 is 1. The first kappa shape index (κ1) is 16.8. The van der Waals surface area contributed by atoms with E-state index in [0.29, 0.717) is 16.7 Å². The molecule has 3 heterocycles. The average Bonchev–Trinajstić information content (AvgIpc) is 3.09. The number of hydrogen-bond donors (Lipinski definition) is 1. The number of carbonyl (C=O) groups excluding carboxylic acids is 1. The van der Waals surface area contributed by atoms with E-state index in [1.54, 1.807) is 24.4 Å². The maximum Gasteiger partial charge on any atom is 0.299 e. The van der Waals surface area contributed by atoms with Crippen LogP contribution in [-0.4, -0.2) is 44.1 Å². The summed E-state index contributed by atoms with van der Waals surface area (Å²) in [4.78, 5) is 24.2. The number of amides is 1. The molecule has 0 unspecified atom stereocenters. The van der Waals surface area contributed by atoms with Crippen molar-refractivity contribution in [1.29, 1.82) is 0 Å². The second-order valence-corrected chi connectivity index (χ2v) is 5.69. The highest BCUT2D eigenvalue weighted by molar-refractivity contribution is 5.86. The molecule has 0 radical (unpaired) electrons. The van der Waals surface area contributed by atoms with Crippen LogP contribution in [0.25, 0.3) is 27.8 Å². The Morgan fingerprint density at radius 2 is 2.00 bits per heavy atom. The van der Waals surface area contributed by atoms with Crippen molar-refractivity contribution in [1.82, 2.24) is 24.5 Å². The fraction of sp³-hybridized carbons (Fsp3) is 0.118. The van der Waals surface area contributed by atoms with E-state index < -0.39 is 11.5 Å². The number of nitrogens with zero attached hydrogens (tertiary/aromatic N) is 5. The van der Waals surface area contributed by atoms with E-state index in [2.05, 4.69) is 20.7 Å². The Morgan fingerprint density at radius 3 is 2.74 bits per heavy atom. The molecule has 3 aromatic heterocycles. The lowest BCUT2D eigenvalue weighted by Gasteiger charge is -2.08. The first-order valence-electron chi connectivity index (χ1n) is 7.89. The highest BCUT2D eigenvalue weighted by atomic mass is 19.1. The zero-order valence-electron chi connectivity index (χ0n) is 14.1. The maximum atomic E-state index is 13.1. The molecule has 4 aromatic rings. The van der Waals surface area contributed by atoms with Crippen LogP contribution in [0.1, 0.15) is 0 Å². The van der Waals surface area contributed by atoms with Gasteiger partial charge in [-0.2, -0.15) is 5.10 Å². The van der Waals surface area contributed by atoms with Gasteiger partial charge in [0, 0.05) is 18.9 Å². The summed E-state index contributed by atoms with van der Waals surface area (Å²) in [6.45, 7) is -0.185. The van der Waals surface area contributed by atoms with Crippen molar-refractivity contribution < 1.29 is 13.9 Å². The lowest BCUT2D eigenvalue weighted by Crippen LogP contribution is -2.35. The van der Waals surface area contributed by atoms with Crippen molar-refractivity contribution in [2.24, 2.45) is 0 Å². The molecule has 0 aliphatic rings. The number of fused-ring (bicyclic) bond motifs is 3. The van der Waals surface area contributed by atoms with Crippen molar-refractivity contribution >= 4 is 22.6 Å². The lowest BCUT2D eigenvalue weighted by molar-refractivity contribution is -0.120. The van der Waals surface area contributed by atoms with Gasteiger partial charge >= 0.3 is 0 Å². The first-order valence-corrected chi connectivity index (χ1v) is 7.89. The molecule has 0 aliphatic carbocycles. The van der Waals surface area contributed by atoms with Crippen LogP contribution in [0.4, 0.5) is 4.39 Å². The molecule has 1 aromatic carbocycles. The highest BCUT2D eigenvalue weighted by Gasteiger charge is 2.15. The summed E-state index contributed by atoms with van der Waals surface area (Å²) in [7, 11) is 1.38. The van der Waals surface area contributed by atoms with Gasteiger partial charge in [0.1, 0.15) is 17.9 Å². The standard InChI is InChI=1S/C17H13FN6O3/c1-27-9-14(25)22-23-7-6-13-15(17(23)26)20-21-16-12(8-19-24(13)16)10-2-4-11(18)5-3-10/h2-8H,9H2,1H3,(H,22,25). The van der Waals surface area contributed by atoms with E-state index >= 15 is 0 Å². The molecule has 4 rings (SSSR count). The van der Waals surface area contributed by atoms with E-state index in [1.807, 2.05) is 0 Å². The summed E-state index contributed by atoms with van der Waals surface area (Å²) in [5, 5.41) is 12.4. The number of nitrogens with one attached hydrogen (secondary N) is 1. The molecular formula is C17H13FN6O3. The van der Waals surface area contributed by atoms with Gasteiger partial charge in [0.15, 0.2) is 11.2 Å². The predicted octanol–water partition coefficient (Wildman–Crippen LogP) is 0.962. The Labute approximate surface area is 151 Å². The molecule has 0 saturated carbocycles. The number of aromatic nitrogens is 5. The Hall–Kier alpha value is -3.66. The van der Waals surface area contributed by atoms with Gasteiger partial charge in [0.25, 0.3) is 11.5 Å². The quantitative estimate of drug-likeness (QED) is 0.576. The predicted molar refractivity (Wildman–Crippen MR) is 94.2 cm³/mol. The topological polar surface area (TPSA) is 103 Å². The fourth-order valence-corrected chi connectivity index (χ4v) is 2.71. The van der Waals surface area contributed by atoms with E-state index in [9.17, 15) is 14.0 Å². The number of halogens is 1. The third-order valence-corrected chi connectivity index (χ3v) is 3.94. The Morgan fingerprint density at radius 1 is 1.22 bits per heavy atom. The van der Waals surface area contributed by atoms with Gasteiger partial charge in [-0.05, 0) is 23.8 Å². The molecule has 0 bridgehead atoms. The molecule has 9 nitrogen and oxygen atoms in total. The zero-order chi connectivity index (χ0) is 19.0. The molecule has 27 heavy (non-hydrogen) atoms. The van der Waals surface area contributed by atoms with Crippen LogP contribution in [0.5, 0.6) is 0 Å². The van der Waals surface area contributed by atoms with Gasteiger partial charge in [-0.15, -0.1) is 10.2 Å². The number of hydrogen-bond acceptors (Lipinski definition) is 6. The number of ether oxygens (including phenoxy) is 1. The second-order valence-electron chi connectivity index (χ2n) is 5.69. The molecule has 0 saturated heterocycles. The van der Waals surface area contributed by atoms with Crippen LogP contribution >= 0.6 is 0 Å². The highest BCUT2D eigenvalue weighted by Crippen LogP contribution is 2.24. The number of carbonyl (C=O) groups is 1. The Kier molecular flexibility index (Phi) is 4.09. The zero-order valence-corrected chi connectivity index (χ0v) is 14.1. The molecule has 0 fully saturated rings. The van der Waals surface area contributed by atoms with Gasteiger partial charge in [-0.1, -0.05) is 12.1 Å². The molecule has 1 amide bonds. The van der Waals surface area contributed by atoms with Crippen LogP contribution in [0.3, 0.4) is 0 Å². The largest absolute Gasteiger partial charge is 0.375 e. The number of pyridine rings is 1. The summed E-state index contributed by atoms with van der Waals surface area (Å²) in [6.07, 6.45) is 2.97. The summed E-state index contributed by atoms with van der Waals surface area (Å²) in [5.41, 5.74) is 4.11. The van der Waals surface area contributed by atoms with Crippen LogP contribution in [-0.2, 0) is 9.53 Å². The van der Waals surface area contributed by atoms with Crippen molar-refractivity contribution in [3.05, 3.63) is 58.9 Å². The van der Waals surface area contributed by atoms with Crippen LogP contribution in [0.2, 0.25) is 0 Å². The van der Waals surface area contributed by atoms with Crippen LogP contribution in [0, 0.1) is 5.82 Å². The van der Waals surface area contributed by atoms with Crippen molar-refractivity contribution in [2.45, 2.75) is 0 Å². The third kappa shape index (κ3) is 2.91. The van der Waals surface area contributed by atoms with Gasteiger partial charge in [-0.25, -0.2) is 13.6 Å². The van der Waals surface area contributed by atoms with E-state index in [0.717, 1.165) is 10.2 Å².